The first-order valence-electron chi connectivity index (χ1n) is 3.70. The average molecular weight is 194 g/mol. The van der Waals surface area contributed by atoms with Crippen molar-refractivity contribution in [1.29, 1.82) is 0 Å². The van der Waals surface area contributed by atoms with Crippen molar-refractivity contribution in [2.75, 3.05) is 11.5 Å². The van der Waals surface area contributed by atoms with Crippen LogP contribution in [0, 0.1) is 0 Å². The Kier molecular flexibility index (Phi) is 3.22. The number of carbonyl (C=O) groups excluding carboxylic acids is 1. The summed E-state index contributed by atoms with van der Waals surface area (Å²) >= 11 is 1.97. The minimum absolute atomic E-state index is 0. The molecular weight excluding hydrogens is 182 g/mol. The van der Waals surface area contributed by atoms with E-state index >= 15 is 0 Å². The first kappa shape index (κ1) is 9.36. The number of hydrogen-bond donors (Lipinski definition) is 1. The molecule has 2 rings (SSSR count). The first-order valence-corrected chi connectivity index (χ1v) is 4.85. The van der Waals surface area contributed by atoms with Gasteiger partial charge in [-0.2, -0.15) is 11.8 Å². The van der Waals surface area contributed by atoms with Crippen LogP contribution in [-0.2, 0) is 4.79 Å². The van der Waals surface area contributed by atoms with Crippen LogP contribution in [0.25, 0.3) is 0 Å². The third kappa shape index (κ3) is 2.10. The molecule has 0 radical (unpaired) electrons. The third-order valence-corrected chi connectivity index (χ3v) is 3.33. The predicted octanol–water partition coefficient (Wildman–Crippen LogP) is 0.845. The minimum Gasteiger partial charge on any atom is -0.309 e. The number of rotatable bonds is 0. The highest BCUT2D eigenvalue weighted by Crippen LogP contribution is 2.21. The van der Waals surface area contributed by atoms with Gasteiger partial charge in [0.05, 0.1) is 0 Å². The molecule has 0 aromatic heterocycles. The van der Waals surface area contributed by atoms with E-state index in [1.807, 2.05) is 11.8 Å². The number of hydrogen-bond acceptors (Lipinski definition) is 3. The Morgan fingerprint density at radius 1 is 1.27 bits per heavy atom. The zero-order valence-corrected chi connectivity index (χ0v) is 7.84. The molecule has 2 fully saturated rings. The molecule has 0 saturated carbocycles. The van der Waals surface area contributed by atoms with Crippen LogP contribution in [0.1, 0.15) is 12.8 Å². The van der Waals surface area contributed by atoms with E-state index in [0.717, 1.165) is 24.3 Å². The van der Waals surface area contributed by atoms with Gasteiger partial charge in [-0.25, -0.2) is 0 Å². The Hall–Kier alpha value is 0.270. The molecule has 2 aliphatic heterocycles. The molecule has 2 atom stereocenters. The third-order valence-electron chi connectivity index (χ3n) is 2.06. The normalized spacial score (nSPS) is 36.2. The number of halogens is 1. The molecule has 2 heterocycles. The van der Waals surface area contributed by atoms with Crippen LogP contribution < -0.4 is 5.32 Å². The maximum absolute atomic E-state index is 11.0. The van der Waals surface area contributed by atoms with Crippen LogP contribution in [0.5, 0.6) is 0 Å². The summed E-state index contributed by atoms with van der Waals surface area (Å²) in [6.45, 7) is 0. The number of ketones is 1. The van der Waals surface area contributed by atoms with Crippen molar-refractivity contribution in [2.24, 2.45) is 0 Å². The molecule has 4 heteroatoms. The molecule has 0 unspecified atom stereocenters. The van der Waals surface area contributed by atoms with E-state index in [-0.39, 0.29) is 12.4 Å². The monoisotopic (exact) mass is 193 g/mol. The number of fused-ring (bicyclic) bond motifs is 2. The first-order chi connectivity index (χ1) is 4.84. The standard InChI is InChI=1S/C7H11NOS.ClH/c9-7-1-5-3-10-4-6(2-7)8-5;/h5-6,8H,1-4H2;1H/t5-,6+;. The quantitative estimate of drug-likeness (QED) is 0.619. The summed E-state index contributed by atoms with van der Waals surface area (Å²) in [6, 6.07) is 0.981. The van der Waals surface area contributed by atoms with Gasteiger partial charge in [0.1, 0.15) is 5.78 Å². The number of Topliss-reactive ketones (excluding diaryl/α,β-unsaturated/α-hetero) is 1. The predicted molar refractivity (Wildman–Crippen MR) is 49.5 cm³/mol. The van der Waals surface area contributed by atoms with Crippen LogP contribution >= 0.6 is 24.2 Å². The summed E-state index contributed by atoms with van der Waals surface area (Å²) in [6.07, 6.45) is 1.53. The second-order valence-corrected chi connectivity index (χ2v) is 4.12. The summed E-state index contributed by atoms with van der Waals surface area (Å²) in [4.78, 5) is 11.0. The van der Waals surface area contributed by atoms with E-state index in [9.17, 15) is 4.79 Å². The fourth-order valence-corrected chi connectivity index (χ4v) is 2.78. The average Bonchev–Trinajstić information content (AvgIpc) is 1.85. The molecule has 0 spiro atoms. The maximum Gasteiger partial charge on any atom is 0.136 e. The summed E-state index contributed by atoms with van der Waals surface area (Å²) in [5, 5.41) is 3.44. The lowest BCUT2D eigenvalue weighted by Crippen LogP contribution is -2.51. The smallest absolute Gasteiger partial charge is 0.136 e. The van der Waals surface area contributed by atoms with Crippen molar-refractivity contribution in [3.05, 3.63) is 0 Å². The van der Waals surface area contributed by atoms with Gasteiger partial charge in [-0.3, -0.25) is 4.79 Å². The van der Waals surface area contributed by atoms with E-state index in [4.69, 9.17) is 0 Å². The Bertz CT molecular complexity index is 151. The second-order valence-electron chi connectivity index (χ2n) is 3.04. The summed E-state index contributed by atoms with van der Waals surface area (Å²) < 4.78 is 0. The second kappa shape index (κ2) is 3.78. The van der Waals surface area contributed by atoms with E-state index in [2.05, 4.69) is 5.32 Å². The van der Waals surface area contributed by atoms with Crippen LogP contribution in [0.3, 0.4) is 0 Å². The Balaban J connectivity index is 0.000000605. The Labute approximate surface area is 76.9 Å². The SMILES string of the molecule is Cl.O=C1C[C@H]2CSC[C@@H](C1)N2. The molecule has 2 bridgehead atoms. The van der Waals surface area contributed by atoms with Crippen LogP contribution in [0.4, 0.5) is 0 Å². The molecule has 0 aromatic rings. The number of carbonyl (C=O) groups is 1. The highest BCUT2D eigenvalue weighted by Gasteiger charge is 2.29. The van der Waals surface area contributed by atoms with E-state index in [1.165, 1.54) is 0 Å². The highest BCUT2D eigenvalue weighted by atomic mass is 35.5. The van der Waals surface area contributed by atoms with Gasteiger partial charge in [-0.1, -0.05) is 0 Å². The molecule has 0 aromatic carbocycles. The van der Waals surface area contributed by atoms with E-state index in [1.54, 1.807) is 0 Å². The zero-order chi connectivity index (χ0) is 6.97. The van der Waals surface area contributed by atoms with Crippen LogP contribution in [0.15, 0.2) is 0 Å². The van der Waals surface area contributed by atoms with Crippen LogP contribution in [0.2, 0.25) is 0 Å². The molecule has 0 aliphatic carbocycles. The van der Waals surface area contributed by atoms with Crippen molar-refractivity contribution >= 4 is 30.0 Å². The van der Waals surface area contributed by atoms with Crippen molar-refractivity contribution in [3.8, 4) is 0 Å². The van der Waals surface area contributed by atoms with E-state index < -0.39 is 0 Å². The largest absolute Gasteiger partial charge is 0.309 e. The van der Waals surface area contributed by atoms with Crippen LogP contribution in [-0.4, -0.2) is 29.4 Å². The lowest BCUT2D eigenvalue weighted by molar-refractivity contribution is -0.121. The highest BCUT2D eigenvalue weighted by molar-refractivity contribution is 7.99. The fraction of sp³-hybridized carbons (Fsp3) is 0.857. The molecule has 1 N–H and O–H groups in total. The zero-order valence-electron chi connectivity index (χ0n) is 6.21. The maximum atomic E-state index is 11.0. The Morgan fingerprint density at radius 3 is 2.36 bits per heavy atom. The van der Waals surface area contributed by atoms with Gasteiger partial charge in [-0.05, 0) is 0 Å². The van der Waals surface area contributed by atoms with Crippen molar-refractivity contribution in [1.82, 2.24) is 5.32 Å². The molecule has 0 amide bonds. The summed E-state index contributed by atoms with van der Waals surface area (Å²) in [5.41, 5.74) is 0. The summed E-state index contributed by atoms with van der Waals surface area (Å²) in [5.74, 6) is 2.71. The molecule has 2 aliphatic rings. The number of nitrogens with one attached hydrogen (secondary N) is 1. The van der Waals surface area contributed by atoms with Gasteiger partial charge >= 0.3 is 0 Å². The van der Waals surface area contributed by atoms with E-state index in [0.29, 0.717) is 17.9 Å². The molecule has 11 heavy (non-hydrogen) atoms. The topological polar surface area (TPSA) is 29.1 Å². The lowest BCUT2D eigenvalue weighted by atomic mass is 9.99. The summed E-state index contributed by atoms with van der Waals surface area (Å²) in [7, 11) is 0. The Morgan fingerprint density at radius 2 is 1.82 bits per heavy atom. The lowest BCUT2D eigenvalue weighted by Gasteiger charge is -2.34. The molecule has 2 saturated heterocycles. The van der Waals surface area contributed by atoms with Crippen molar-refractivity contribution in [3.63, 3.8) is 0 Å². The van der Waals surface area contributed by atoms with Gasteiger partial charge in [0.2, 0.25) is 0 Å². The van der Waals surface area contributed by atoms with Gasteiger partial charge in [0.25, 0.3) is 0 Å². The number of piperidine rings is 1. The van der Waals surface area contributed by atoms with Crippen molar-refractivity contribution < 1.29 is 4.79 Å². The van der Waals surface area contributed by atoms with Crippen molar-refractivity contribution in [2.45, 2.75) is 24.9 Å². The van der Waals surface area contributed by atoms with Gasteiger partial charge < -0.3 is 5.32 Å². The van der Waals surface area contributed by atoms with Gasteiger partial charge in [0.15, 0.2) is 0 Å². The molecular formula is C7H12ClNOS. The molecule has 64 valence electrons. The van der Waals surface area contributed by atoms with Gasteiger partial charge in [-0.15, -0.1) is 12.4 Å². The molecule has 2 nitrogen and oxygen atoms in total. The number of thioether (sulfide) groups is 1. The fourth-order valence-electron chi connectivity index (χ4n) is 1.65. The minimum atomic E-state index is 0. The van der Waals surface area contributed by atoms with Gasteiger partial charge in [0, 0.05) is 36.4 Å².